The molecule has 0 atom stereocenters. The summed E-state index contributed by atoms with van der Waals surface area (Å²) in [7, 11) is 0. The van der Waals surface area contributed by atoms with Crippen molar-refractivity contribution in [1.82, 2.24) is 0 Å². The van der Waals surface area contributed by atoms with E-state index in [1.165, 1.54) is 12.1 Å². The molecule has 0 unspecified atom stereocenters. The third-order valence-electron chi connectivity index (χ3n) is 1.76. The van der Waals surface area contributed by atoms with Gasteiger partial charge in [-0.2, -0.15) is 0 Å². The molecule has 0 aromatic heterocycles. The van der Waals surface area contributed by atoms with Gasteiger partial charge in [0.25, 0.3) is 0 Å². The van der Waals surface area contributed by atoms with Crippen LogP contribution in [-0.2, 0) is 4.79 Å². The molecule has 0 saturated heterocycles. The van der Waals surface area contributed by atoms with Gasteiger partial charge in [-0.1, -0.05) is 6.07 Å². The third-order valence-corrected chi connectivity index (χ3v) is 2.00. The fraction of sp³-hybridized carbons (Fsp3) is 0.300. The SMILES string of the molecule is Cc1ccc(OC(F)(F)F)c(NC(=O)CCl)c1. The Morgan fingerprint density at radius 2 is 2.12 bits per heavy atom. The number of carbonyl (C=O) groups is 1. The topological polar surface area (TPSA) is 38.3 Å². The zero-order chi connectivity index (χ0) is 13.1. The van der Waals surface area contributed by atoms with E-state index in [0.717, 1.165) is 6.07 Å². The molecule has 94 valence electrons. The lowest BCUT2D eigenvalue weighted by Gasteiger charge is -2.14. The van der Waals surface area contributed by atoms with Crippen LogP contribution >= 0.6 is 11.6 Å². The van der Waals surface area contributed by atoms with Crippen molar-refractivity contribution in [3.63, 3.8) is 0 Å². The van der Waals surface area contributed by atoms with Crippen molar-refractivity contribution in [3.8, 4) is 5.75 Å². The van der Waals surface area contributed by atoms with Crippen LogP contribution < -0.4 is 10.1 Å². The molecule has 1 amide bonds. The lowest BCUT2D eigenvalue weighted by molar-refractivity contribution is -0.274. The van der Waals surface area contributed by atoms with E-state index >= 15 is 0 Å². The molecule has 0 spiro atoms. The number of alkyl halides is 4. The average molecular weight is 268 g/mol. The van der Waals surface area contributed by atoms with Crippen molar-refractivity contribution in [1.29, 1.82) is 0 Å². The number of amides is 1. The second-order valence-electron chi connectivity index (χ2n) is 3.23. The molecular weight excluding hydrogens is 259 g/mol. The fourth-order valence-corrected chi connectivity index (χ4v) is 1.21. The second kappa shape index (κ2) is 5.27. The summed E-state index contributed by atoms with van der Waals surface area (Å²) < 4.78 is 40.0. The minimum atomic E-state index is -4.81. The van der Waals surface area contributed by atoms with Gasteiger partial charge in [-0.25, -0.2) is 0 Å². The van der Waals surface area contributed by atoms with E-state index in [4.69, 9.17) is 11.6 Å². The first-order chi connectivity index (χ1) is 7.81. The highest BCUT2D eigenvalue weighted by Crippen LogP contribution is 2.31. The maximum Gasteiger partial charge on any atom is 0.573 e. The molecule has 0 aliphatic heterocycles. The second-order valence-corrected chi connectivity index (χ2v) is 3.50. The molecule has 1 aromatic rings. The quantitative estimate of drug-likeness (QED) is 0.855. The molecule has 0 heterocycles. The van der Waals surface area contributed by atoms with Gasteiger partial charge in [0.15, 0.2) is 5.75 Å². The predicted octanol–water partition coefficient (Wildman–Crippen LogP) is 3.07. The summed E-state index contributed by atoms with van der Waals surface area (Å²) in [4.78, 5) is 11.0. The van der Waals surface area contributed by atoms with Crippen molar-refractivity contribution in [2.75, 3.05) is 11.2 Å². The molecule has 17 heavy (non-hydrogen) atoms. The summed E-state index contributed by atoms with van der Waals surface area (Å²) >= 11 is 5.25. The number of aryl methyl sites for hydroxylation is 1. The van der Waals surface area contributed by atoms with Gasteiger partial charge in [0.1, 0.15) is 5.88 Å². The Hall–Kier alpha value is -1.43. The number of anilines is 1. The first-order valence-corrected chi connectivity index (χ1v) is 5.07. The molecule has 1 rings (SSSR count). The van der Waals surface area contributed by atoms with E-state index < -0.39 is 18.0 Å². The maximum atomic E-state index is 12.1. The van der Waals surface area contributed by atoms with E-state index in [9.17, 15) is 18.0 Å². The van der Waals surface area contributed by atoms with Crippen LogP contribution in [0.5, 0.6) is 5.75 Å². The predicted molar refractivity (Wildman–Crippen MR) is 57.2 cm³/mol. The van der Waals surface area contributed by atoms with E-state index in [1.54, 1.807) is 6.92 Å². The first-order valence-electron chi connectivity index (χ1n) is 4.54. The Morgan fingerprint density at radius 1 is 1.47 bits per heavy atom. The molecule has 1 N–H and O–H groups in total. The van der Waals surface area contributed by atoms with Crippen molar-refractivity contribution >= 4 is 23.2 Å². The molecule has 0 aliphatic rings. The minimum absolute atomic E-state index is 0.0621. The van der Waals surface area contributed by atoms with E-state index in [-0.39, 0.29) is 11.6 Å². The van der Waals surface area contributed by atoms with Crippen LogP contribution in [0.3, 0.4) is 0 Å². The van der Waals surface area contributed by atoms with E-state index in [0.29, 0.717) is 5.56 Å². The smallest absolute Gasteiger partial charge is 0.404 e. The van der Waals surface area contributed by atoms with Crippen LogP contribution in [0.1, 0.15) is 5.56 Å². The summed E-state index contributed by atoms with van der Waals surface area (Å²) in [6.07, 6.45) is -4.81. The van der Waals surface area contributed by atoms with Crippen LogP contribution in [0.25, 0.3) is 0 Å². The van der Waals surface area contributed by atoms with Crippen LogP contribution in [0, 0.1) is 6.92 Å². The highest BCUT2D eigenvalue weighted by molar-refractivity contribution is 6.29. The average Bonchev–Trinajstić information content (AvgIpc) is 2.20. The van der Waals surface area contributed by atoms with Gasteiger partial charge in [-0.15, -0.1) is 24.8 Å². The number of hydrogen-bond acceptors (Lipinski definition) is 2. The van der Waals surface area contributed by atoms with Gasteiger partial charge in [-0.3, -0.25) is 4.79 Å². The lowest BCUT2D eigenvalue weighted by atomic mass is 10.2. The largest absolute Gasteiger partial charge is 0.573 e. The Bertz CT molecular complexity index is 421. The normalized spacial score (nSPS) is 11.1. The number of hydrogen-bond donors (Lipinski definition) is 1. The van der Waals surface area contributed by atoms with Gasteiger partial charge in [0, 0.05) is 0 Å². The Balaban J connectivity index is 2.99. The van der Waals surface area contributed by atoms with Crippen LogP contribution in [0.15, 0.2) is 18.2 Å². The zero-order valence-corrected chi connectivity index (χ0v) is 9.52. The molecule has 1 aromatic carbocycles. The minimum Gasteiger partial charge on any atom is -0.404 e. The van der Waals surface area contributed by atoms with Crippen LogP contribution in [0.2, 0.25) is 0 Å². The maximum absolute atomic E-state index is 12.1. The molecule has 0 bridgehead atoms. The number of nitrogens with one attached hydrogen (secondary N) is 1. The van der Waals surface area contributed by atoms with Gasteiger partial charge in [0.05, 0.1) is 5.69 Å². The summed E-state index contributed by atoms with van der Waals surface area (Å²) in [5.41, 5.74) is 0.623. The number of carbonyl (C=O) groups excluding carboxylic acids is 1. The third kappa shape index (κ3) is 4.52. The number of rotatable bonds is 3. The molecule has 0 fully saturated rings. The van der Waals surface area contributed by atoms with Gasteiger partial charge in [-0.05, 0) is 24.6 Å². The Morgan fingerprint density at radius 3 is 2.65 bits per heavy atom. The van der Waals surface area contributed by atoms with Crippen LogP contribution in [-0.4, -0.2) is 18.1 Å². The molecule has 0 aliphatic carbocycles. The summed E-state index contributed by atoms with van der Waals surface area (Å²) in [6, 6.07) is 3.94. The first kappa shape index (κ1) is 13.6. The van der Waals surface area contributed by atoms with Gasteiger partial charge < -0.3 is 10.1 Å². The summed E-state index contributed by atoms with van der Waals surface area (Å²) in [5, 5.41) is 2.23. The summed E-state index contributed by atoms with van der Waals surface area (Å²) in [6.45, 7) is 1.67. The zero-order valence-electron chi connectivity index (χ0n) is 8.77. The number of benzene rings is 1. The van der Waals surface area contributed by atoms with E-state index in [1.807, 2.05) is 0 Å². The van der Waals surface area contributed by atoms with Crippen molar-refractivity contribution in [2.45, 2.75) is 13.3 Å². The Kier molecular flexibility index (Phi) is 4.22. The highest BCUT2D eigenvalue weighted by Gasteiger charge is 2.32. The van der Waals surface area contributed by atoms with Crippen molar-refractivity contribution in [3.05, 3.63) is 23.8 Å². The molecule has 7 heteroatoms. The molecule has 3 nitrogen and oxygen atoms in total. The molecular formula is C10H9ClF3NO2. The summed E-state index contributed by atoms with van der Waals surface area (Å²) in [5.74, 6) is -1.43. The number of halogens is 4. The van der Waals surface area contributed by atoms with Crippen LogP contribution in [0.4, 0.5) is 18.9 Å². The van der Waals surface area contributed by atoms with Crippen molar-refractivity contribution in [2.24, 2.45) is 0 Å². The monoisotopic (exact) mass is 267 g/mol. The standard InChI is InChI=1S/C10H9ClF3NO2/c1-6-2-3-8(17-10(12,13)14)7(4-6)15-9(16)5-11/h2-4H,5H2,1H3,(H,15,16). The fourth-order valence-electron chi connectivity index (χ4n) is 1.14. The molecule has 0 radical (unpaired) electrons. The number of ether oxygens (including phenoxy) is 1. The van der Waals surface area contributed by atoms with Crippen molar-refractivity contribution < 1.29 is 22.7 Å². The molecule has 0 saturated carbocycles. The van der Waals surface area contributed by atoms with Gasteiger partial charge >= 0.3 is 6.36 Å². The highest BCUT2D eigenvalue weighted by atomic mass is 35.5. The van der Waals surface area contributed by atoms with Gasteiger partial charge in [0.2, 0.25) is 5.91 Å². The Labute approximate surface area is 101 Å². The van der Waals surface area contributed by atoms with E-state index in [2.05, 4.69) is 10.1 Å². The lowest BCUT2D eigenvalue weighted by Crippen LogP contribution is -2.20.